The highest BCUT2D eigenvalue weighted by molar-refractivity contribution is 9.09. The quantitative estimate of drug-likeness (QED) is 0.328. The van der Waals surface area contributed by atoms with E-state index in [9.17, 15) is 39.6 Å². The molecule has 0 radical (unpaired) electrons. The number of aliphatic hydroxyl groups is 4. The third-order valence-corrected chi connectivity index (χ3v) is 4.94. The Balaban J connectivity index is 3.92. The van der Waals surface area contributed by atoms with E-state index in [2.05, 4.69) is 15.9 Å². The number of aliphatic hydroxyl groups excluding tert-OH is 1. The summed E-state index contributed by atoms with van der Waals surface area (Å²) >= 11 is 2.98. The molecule has 0 aromatic carbocycles. The monoisotopic (exact) mass is 454 g/mol. The summed E-state index contributed by atoms with van der Waals surface area (Å²) in [6.45, 7) is 4.56. The number of ketones is 4. The minimum atomic E-state index is -3.48. The number of hydrogen-bond donors (Lipinski definition) is 4. The zero-order chi connectivity index (χ0) is 21.5. The van der Waals surface area contributed by atoms with Crippen molar-refractivity contribution in [1.29, 1.82) is 0 Å². The Morgan fingerprint density at radius 3 is 1.70 bits per heavy atom. The van der Waals surface area contributed by atoms with E-state index in [-0.39, 0.29) is 0 Å². The molecule has 4 N–H and O–H groups in total. The SMILES string of the molecule is CC(=O)C(O)[C@H]1OC(OC(C)Br)[C@@](O)(C(C)=O)[C@](O)(C(C)=O)[C@@]1(O)C(C)=O. The molecule has 1 aliphatic heterocycles. The van der Waals surface area contributed by atoms with E-state index < -0.39 is 63.4 Å². The van der Waals surface area contributed by atoms with Gasteiger partial charge in [-0.1, -0.05) is 15.9 Å². The molecule has 1 fully saturated rings. The predicted molar refractivity (Wildman–Crippen MR) is 91.7 cm³/mol. The van der Waals surface area contributed by atoms with Crippen LogP contribution in [0.15, 0.2) is 0 Å². The molecule has 0 aliphatic carbocycles. The van der Waals surface area contributed by atoms with E-state index in [0.29, 0.717) is 0 Å². The van der Waals surface area contributed by atoms with Crippen molar-refractivity contribution in [3.63, 3.8) is 0 Å². The van der Waals surface area contributed by atoms with Gasteiger partial charge in [-0.3, -0.25) is 19.2 Å². The topological polar surface area (TPSA) is 168 Å². The average Bonchev–Trinajstić information content (AvgIpc) is 2.53. The van der Waals surface area contributed by atoms with Crippen molar-refractivity contribution >= 4 is 39.1 Å². The molecule has 27 heavy (non-hydrogen) atoms. The van der Waals surface area contributed by atoms with Crippen molar-refractivity contribution in [2.24, 2.45) is 0 Å². The fourth-order valence-corrected chi connectivity index (χ4v) is 3.42. The van der Waals surface area contributed by atoms with Crippen LogP contribution >= 0.6 is 15.9 Å². The van der Waals surface area contributed by atoms with Gasteiger partial charge in [0.2, 0.25) is 11.2 Å². The minimum absolute atomic E-state index is 0.721. The lowest BCUT2D eigenvalue weighted by atomic mass is 9.60. The van der Waals surface area contributed by atoms with Gasteiger partial charge in [0.15, 0.2) is 35.0 Å². The van der Waals surface area contributed by atoms with Crippen LogP contribution in [0, 0.1) is 0 Å². The van der Waals surface area contributed by atoms with Gasteiger partial charge in [0.25, 0.3) is 0 Å². The maximum absolute atomic E-state index is 12.4. The highest BCUT2D eigenvalue weighted by Gasteiger charge is 2.79. The van der Waals surface area contributed by atoms with Gasteiger partial charge in [-0.25, -0.2) is 0 Å². The Hall–Kier alpha value is -1.08. The Bertz CT molecular complexity index is 664. The number of hydrogen-bond acceptors (Lipinski definition) is 10. The van der Waals surface area contributed by atoms with E-state index in [0.717, 1.165) is 27.7 Å². The van der Waals surface area contributed by atoms with Crippen molar-refractivity contribution in [1.82, 2.24) is 0 Å². The first kappa shape index (κ1) is 24.0. The lowest BCUT2D eigenvalue weighted by Crippen LogP contribution is -2.87. The van der Waals surface area contributed by atoms with E-state index in [1.54, 1.807) is 0 Å². The van der Waals surface area contributed by atoms with Crippen LogP contribution < -0.4 is 0 Å². The maximum atomic E-state index is 12.4. The van der Waals surface area contributed by atoms with Gasteiger partial charge < -0.3 is 29.9 Å². The number of carbonyl (C=O) groups is 4. The molecule has 3 unspecified atom stereocenters. The van der Waals surface area contributed by atoms with Crippen LogP contribution in [0.3, 0.4) is 0 Å². The molecular formula is C16H23BrO10. The van der Waals surface area contributed by atoms with Gasteiger partial charge in [0.05, 0.1) is 0 Å². The van der Waals surface area contributed by atoms with Crippen molar-refractivity contribution in [2.75, 3.05) is 0 Å². The van der Waals surface area contributed by atoms with Crippen LogP contribution in [0.2, 0.25) is 0 Å². The molecule has 0 aromatic rings. The van der Waals surface area contributed by atoms with Crippen molar-refractivity contribution < 1.29 is 49.1 Å². The summed E-state index contributed by atoms with van der Waals surface area (Å²) in [7, 11) is 0. The summed E-state index contributed by atoms with van der Waals surface area (Å²) < 4.78 is 10.5. The van der Waals surface area contributed by atoms with Crippen LogP contribution in [0.4, 0.5) is 0 Å². The lowest BCUT2D eigenvalue weighted by molar-refractivity contribution is -0.373. The molecule has 7 atom stereocenters. The van der Waals surface area contributed by atoms with Gasteiger partial charge in [-0.2, -0.15) is 0 Å². The van der Waals surface area contributed by atoms with Crippen LogP contribution in [0.5, 0.6) is 0 Å². The largest absolute Gasteiger partial charge is 0.382 e. The van der Waals surface area contributed by atoms with Gasteiger partial charge >= 0.3 is 0 Å². The van der Waals surface area contributed by atoms with Gasteiger partial charge in [-0.05, 0) is 34.6 Å². The van der Waals surface area contributed by atoms with Crippen molar-refractivity contribution in [3.05, 3.63) is 0 Å². The molecule has 1 rings (SSSR count). The summed E-state index contributed by atoms with van der Waals surface area (Å²) in [5, 5.41) is 42.4. The number of halogens is 1. The van der Waals surface area contributed by atoms with Crippen molar-refractivity contribution in [2.45, 2.75) is 74.9 Å². The Morgan fingerprint density at radius 1 is 0.963 bits per heavy atom. The second-order valence-corrected chi connectivity index (χ2v) is 7.82. The lowest BCUT2D eigenvalue weighted by Gasteiger charge is -2.58. The maximum Gasteiger partial charge on any atom is 0.213 e. The van der Waals surface area contributed by atoms with Gasteiger partial charge in [-0.15, -0.1) is 0 Å². The molecule has 0 spiro atoms. The first-order valence-corrected chi connectivity index (χ1v) is 8.85. The minimum Gasteiger partial charge on any atom is -0.382 e. The number of rotatable bonds is 7. The third kappa shape index (κ3) is 3.31. The molecule has 154 valence electrons. The molecule has 0 aromatic heterocycles. The predicted octanol–water partition coefficient (Wildman–Crippen LogP) is -1.62. The fourth-order valence-electron chi connectivity index (χ4n) is 3.23. The zero-order valence-electron chi connectivity index (χ0n) is 15.4. The zero-order valence-corrected chi connectivity index (χ0v) is 17.0. The number of carbonyl (C=O) groups excluding carboxylic acids is 4. The third-order valence-electron chi connectivity index (χ3n) is 4.72. The highest BCUT2D eigenvalue weighted by Crippen LogP contribution is 2.48. The average molecular weight is 455 g/mol. The molecule has 1 aliphatic rings. The Kier molecular flexibility index (Phi) is 6.87. The van der Waals surface area contributed by atoms with Crippen LogP contribution in [0.1, 0.15) is 34.6 Å². The molecule has 1 saturated heterocycles. The second-order valence-electron chi connectivity index (χ2n) is 6.53. The van der Waals surface area contributed by atoms with Crippen LogP contribution in [-0.4, -0.2) is 83.9 Å². The van der Waals surface area contributed by atoms with Crippen molar-refractivity contribution in [3.8, 4) is 0 Å². The molecule has 0 amide bonds. The summed E-state index contributed by atoms with van der Waals surface area (Å²) in [5.41, 5.74) is -10.0. The van der Waals surface area contributed by atoms with E-state index in [4.69, 9.17) is 9.47 Å². The molecule has 0 saturated carbocycles. The van der Waals surface area contributed by atoms with E-state index >= 15 is 0 Å². The Labute approximate surface area is 163 Å². The molecule has 11 heteroatoms. The molecular weight excluding hydrogens is 432 g/mol. The van der Waals surface area contributed by atoms with E-state index in [1.165, 1.54) is 6.92 Å². The molecule has 1 heterocycles. The molecule has 0 bridgehead atoms. The summed E-state index contributed by atoms with van der Waals surface area (Å²) in [6, 6.07) is 0. The number of ether oxygens (including phenoxy) is 2. The van der Waals surface area contributed by atoms with Crippen LogP contribution in [0.25, 0.3) is 0 Å². The van der Waals surface area contributed by atoms with E-state index in [1.807, 2.05) is 0 Å². The smallest absolute Gasteiger partial charge is 0.213 e. The standard InChI is InChI=1S/C16H23BrO10/c1-6(18)11(22)12-14(23,7(2)19)16(25,9(4)21)15(24,8(3)20)13(27-12)26-10(5)17/h10-13,22-25H,1-5H3/t10?,11?,12-,13?,14-,15+,16+/m1/s1. The normalized spacial score (nSPS) is 38.7. The van der Waals surface area contributed by atoms with Crippen LogP contribution in [-0.2, 0) is 28.7 Å². The fraction of sp³-hybridized carbons (Fsp3) is 0.750. The second kappa shape index (κ2) is 7.74. The summed E-state index contributed by atoms with van der Waals surface area (Å²) in [6.07, 6.45) is -6.51. The molecule has 10 nitrogen and oxygen atoms in total. The first-order chi connectivity index (χ1) is 12.1. The number of Topliss-reactive ketones (excluding diaryl/α,β-unsaturated/α-hetero) is 4. The van der Waals surface area contributed by atoms with Gasteiger partial charge in [0, 0.05) is 0 Å². The number of alkyl halides is 1. The summed E-state index contributed by atoms with van der Waals surface area (Å²) in [5.74, 6) is -4.92. The Morgan fingerprint density at radius 2 is 1.41 bits per heavy atom. The summed E-state index contributed by atoms with van der Waals surface area (Å²) in [4.78, 5) is 48.6. The highest BCUT2D eigenvalue weighted by atomic mass is 79.9. The first-order valence-electron chi connectivity index (χ1n) is 7.93. The van der Waals surface area contributed by atoms with Gasteiger partial charge in [0.1, 0.15) is 17.2 Å².